The first-order valence-corrected chi connectivity index (χ1v) is 4.20. The Morgan fingerprint density at radius 3 is 2.82 bits per heavy atom. The Bertz CT molecular complexity index is 203. The van der Waals surface area contributed by atoms with Crippen molar-refractivity contribution in [2.75, 3.05) is 0 Å². The summed E-state index contributed by atoms with van der Waals surface area (Å²) in [6.45, 7) is 4.22. The lowest BCUT2D eigenvalue weighted by Gasteiger charge is -1.85. The number of rotatable bonds is 3. The van der Waals surface area contributed by atoms with Crippen LogP contribution in [-0.2, 0) is 0 Å². The maximum absolute atomic E-state index is 4.20. The van der Waals surface area contributed by atoms with Gasteiger partial charge in [0.2, 0.25) is 0 Å². The van der Waals surface area contributed by atoms with Gasteiger partial charge in [0.1, 0.15) is 0 Å². The molecule has 0 saturated heterocycles. The Morgan fingerprint density at radius 1 is 1.55 bits per heavy atom. The summed E-state index contributed by atoms with van der Waals surface area (Å²) < 4.78 is 0. The second kappa shape index (κ2) is 4.12. The first-order chi connectivity index (χ1) is 5.33. The van der Waals surface area contributed by atoms with E-state index in [0.29, 0.717) is 0 Å². The highest BCUT2D eigenvalue weighted by Crippen LogP contribution is 2.27. The van der Waals surface area contributed by atoms with Crippen LogP contribution in [0.4, 0.5) is 0 Å². The van der Waals surface area contributed by atoms with E-state index in [2.05, 4.69) is 24.9 Å². The number of nitrogens with zero attached hydrogens (tertiary/aromatic N) is 1. The molecule has 1 aliphatic rings. The van der Waals surface area contributed by atoms with Crippen LogP contribution in [0, 0.1) is 0 Å². The minimum Gasteiger partial charge on any atom is -0.265 e. The van der Waals surface area contributed by atoms with Crippen LogP contribution in [0.3, 0.4) is 0 Å². The zero-order chi connectivity index (χ0) is 8.10. The lowest BCUT2D eigenvalue weighted by atomic mass is 10.3. The summed E-state index contributed by atoms with van der Waals surface area (Å²) >= 11 is 0. The first kappa shape index (κ1) is 8.25. The van der Waals surface area contributed by atoms with Gasteiger partial charge in [0.25, 0.3) is 0 Å². The van der Waals surface area contributed by atoms with Gasteiger partial charge < -0.3 is 0 Å². The van der Waals surface area contributed by atoms with Gasteiger partial charge in [-0.05, 0) is 31.8 Å². The summed E-state index contributed by atoms with van der Waals surface area (Å²) in [6, 6.07) is 0. The molecule has 11 heavy (non-hydrogen) atoms. The van der Waals surface area contributed by atoms with Crippen molar-refractivity contribution in [2.24, 2.45) is 4.99 Å². The Balaban J connectivity index is 2.33. The third-order valence-electron chi connectivity index (χ3n) is 1.60. The van der Waals surface area contributed by atoms with Crippen molar-refractivity contribution in [1.29, 1.82) is 0 Å². The molecule has 0 amide bonds. The highest BCUT2D eigenvalue weighted by molar-refractivity contribution is 5.78. The van der Waals surface area contributed by atoms with E-state index < -0.39 is 0 Å². The average Bonchev–Trinajstić information content (AvgIpc) is 2.72. The molecule has 1 heteroatoms. The van der Waals surface area contributed by atoms with Crippen LogP contribution in [0.1, 0.15) is 33.1 Å². The van der Waals surface area contributed by atoms with Gasteiger partial charge in [0, 0.05) is 12.4 Å². The fourth-order valence-corrected chi connectivity index (χ4v) is 0.836. The third-order valence-corrected chi connectivity index (χ3v) is 1.60. The van der Waals surface area contributed by atoms with E-state index in [9.17, 15) is 0 Å². The molecule has 60 valence electrons. The Morgan fingerprint density at radius 2 is 2.27 bits per heavy atom. The topological polar surface area (TPSA) is 12.4 Å². The van der Waals surface area contributed by atoms with E-state index in [1.54, 1.807) is 0 Å². The summed E-state index contributed by atoms with van der Waals surface area (Å²) in [5.74, 6) is 0. The van der Waals surface area contributed by atoms with Gasteiger partial charge >= 0.3 is 0 Å². The molecule has 0 aromatic heterocycles. The summed E-state index contributed by atoms with van der Waals surface area (Å²) in [7, 11) is 0. The van der Waals surface area contributed by atoms with Crippen LogP contribution in [0.2, 0.25) is 0 Å². The molecule has 1 aliphatic carbocycles. The van der Waals surface area contributed by atoms with E-state index >= 15 is 0 Å². The van der Waals surface area contributed by atoms with E-state index in [0.717, 1.165) is 6.42 Å². The SMILES string of the molecule is CCC=C(C)C=NC=C1CC1. The van der Waals surface area contributed by atoms with E-state index in [-0.39, 0.29) is 0 Å². The molecule has 0 aliphatic heterocycles. The molecule has 0 heterocycles. The summed E-state index contributed by atoms with van der Waals surface area (Å²) in [6.07, 6.45) is 9.69. The number of hydrogen-bond donors (Lipinski definition) is 0. The zero-order valence-electron chi connectivity index (χ0n) is 7.30. The lowest BCUT2D eigenvalue weighted by Crippen LogP contribution is -1.74. The quantitative estimate of drug-likeness (QED) is 0.547. The number of aliphatic imine (C=N–C) groups is 1. The maximum atomic E-state index is 4.20. The predicted molar refractivity (Wildman–Crippen MR) is 49.9 cm³/mol. The summed E-state index contributed by atoms with van der Waals surface area (Å²) in [4.78, 5) is 4.20. The van der Waals surface area contributed by atoms with E-state index in [4.69, 9.17) is 0 Å². The molecule has 0 aromatic carbocycles. The molecule has 0 aromatic rings. The van der Waals surface area contributed by atoms with Crippen LogP contribution in [0.5, 0.6) is 0 Å². The van der Waals surface area contributed by atoms with Gasteiger partial charge in [-0.3, -0.25) is 4.99 Å². The smallest absolute Gasteiger partial charge is 0.0293 e. The van der Waals surface area contributed by atoms with Crippen LogP contribution >= 0.6 is 0 Å². The molecule has 0 atom stereocenters. The maximum Gasteiger partial charge on any atom is 0.0293 e. The van der Waals surface area contributed by atoms with Crippen molar-refractivity contribution in [3.05, 3.63) is 23.4 Å². The first-order valence-electron chi connectivity index (χ1n) is 4.20. The molecule has 1 fully saturated rings. The zero-order valence-corrected chi connectivity index (χ0v) is 7.30. The van der Waals surface area contributed by atoms with Crippen LogP contribution < -0.4 is 0 Å². The van der Waals surface area contributed by atoms with Crippen molar-refractivity contribution < 1.29 is 0 Å². The molecule has 0 unspecified atom stereocenters. The minimum absolute atomic E-state index is 1.09. The normalized spacial score (nSPS) is 17.6. The highest BCUT2D eigenvalue weighted by atomic mass is 14.7. The summed E-state index contributed by atoms with van der Waals surface area (Å²) in [5, 5.41) is 0. The Kier molecular flexibility index (Phi) is 3.09. The second-order valence-corrected chi connectivity index (χ2v) is 2.92. The van der Waals surface area contributed by atoms with Crippen molar-refractivity contribution in [3.8, 4) is 0 Å². The lowest BCUT2D eigenvalue weighted by molar-refractivity contribution is 1.21. The molecule has 0 bridgehead atoms. The molecular formula is C10H15N. The third kappa shape index (κ3) is 3.76. The highest BCUT2D eigenvalue weighted by Gasteiger charge is 2.08. The fraction of sp³-hybridized carbons (Fsp3) is 0.500. The molecule has 1 rings (SSSR count). The molecule has 0 radical (unpaired) electrons. The van der Waals surface area contributed by atoms with Crippen molar-refractivity contribution in [1.82, 2.24) is 0 Å². The largest absolute Gasteiger partial charge is 0.265 e. The minimum atomic E-state index is 1.09. The fourth-order valence-electron chi connectivity index (χ4n) is 0.836. The van der Waals surface area contributed by atoms with Gasteiger partial charge in [-0.25, -0.2) is 0 Å². The van der Waals surface area contributed by atoms with E-state index in [1.165, 1.54) is 24.0 Å². The van der Waals surface area contributed by atoms with Crippen LogP contribution in [-0.4, -0.2) is 6.21 Å². The number of hydrogen-bond acceptors (Lipinski definition) is 1. The molecule has 0 N–H and O–H groups in total. The Labute approximate surface area is 68.5 Å². The van der Waals surface area contributed by atoms with Crippen LogP contribution in [0.25, 0.3) is 0 Å². The molecule has 1 saturated carbocycles. The van der Waals surface area contributed by atoms with Gasteiger partial charge in [-0.1, -0.05) is 18.6 Å². The standard InChI is InChI=1S/C10H15N/c1-3-4-9(2)7-11-8-10-5-6-10/h4,7-8H,3,5-6H2,1-2H3. The van der Waals surface area contributed by atoms with Gasteiger partial charge in [0.05, 0.1) is 0 Å². The predicted octanol–water partition coefficient (Wildman–Crippen LogP) is 3.09. The Hall–Kier alpha value is -0.850. The van der Waals surface area contributed by atoms with Crippen molar-refractivity contribution in [3.63, 3.8) is 0 Å². The summed E-state index contributed by atoms with van der Waals surface area (Å²) in [5.41, 5.74) is 2.73. The molecular weight excluding hydrogens is 134 g/mol. The van der Waals surface area contributed by atoms with Crippen LogP contribution in [0.15, 0.2) is 28.4 Å². The van der Waals surface area contributed by atoms with Crippen molar-refractivity contribution in [2.45, 2.75) is 33.1 Å². The van der Waals surface area contributed by atoms with Crippen molar-refractivity contribution >= 4 is 6.21 Å². The van der Waals surface area contributed by atoms with Gasteiger partial charge in [-0.15, -0.1) is 0 Å². The van der Waals surface area contributed by atoms with E-state index in [1.807, 2.05) is 12.4 Å². The van der Waals surface area contributed by atoms with Gasteiger partial charge in [-0.2, -0.15) is 0 Å². The average molecular weight is 149 g/mol. The molecule has 0 spiro atoms. The molecule has 1 nitrogen and oxygen atoms in total. The monoisotopic (exact) mass is 149 g/mol. The number of allylic oxidation sites excluding steroid dienone is 3. The second-order valence-electron chi connectivity index (χ2n) is 2.92. The van der Waals surface area contributed by atoms with Gasteiger partial charge in [0.15, 0.2) is 0 Å².